The van der Waals surface area contributed by atoms with Crippen LogP contribution in [-0.4, -0.2) is 35.0 Å². The van der Waals surface area contributed by atoms with Crippen LogP contribution in [0.3, 0.4) is 0 Å². The van der Waals surface area contributed by atoms with Crippen LogP contribution in [0.5, 0.6) is 0 Å². The minimum absolute atomic E-state index is 0.0468. The van der Waals surface area contributed by atoms with Crippen molar-refractivity contribution in [1.82, 2.24) is 10.6 Å². The van der Waals surface area contributed by atoms with E-state index in [2.05, 4.69) is 24.5 Å². The van der Waals surface area contributed by atoms with E-state index >= 15 is 0 Å². The maximum Gasteiger partial charge on any atom is 0.352 e. The predicted octanol–water partition coefficient (Wildman–Crippen LogP) is 2.84. The number of carbonyl (C=O) groups excluding carboxylic acids is 2. The van der Waals surface area contributed by atoms with Gasteiger partial charge in [-0.2, -0.15) is 0 Å². The fourth-order valence-electron chi connectivity index (χ4n) is 2.82. The van der Waals surface area contributed by atoms with Gasteiger partial charge in [0, 0.05) is 24.9 Å². The van der Waals surface area contributed by atoms with Gasteiger partial charge >= 0.3 is 5.97 Å². The Morgan fingerprint density at radius 2 is 1.56 bits per heavy atom. The third-order valence-corrected chi connectivity index (χ3v) is 4.37. The van der Waals surface area contributed by atoms with Gasteiger partial charge in [-0.1, -0.05) is 58.4 Å². The molecule has 0 radical (unpaired) electrons. The molecule has 0 heterocycles. The third kappa shape index (κ3) is 13.0. The first kappa shape index (κ1) is 25.1. The fraction of sp³-hybridized carbons (Fsp3) is 0.750. The first-order valence-electron chi connectivity index (χ1n) is 10.1. The van der Waals surface area contributed by atoms with E-state index in [4.69, 9.17) is 10.8 Å². The zero-order valence-electron chi connectivity index (χ0n) is 17.1. The molecule has 0 fully saturated rings. The number of carboxylic acid groups (broad SMARTS) is 1. The summed E-state index contributed by atoms with van der Waals surface area (Å²) in [5.41, 5.74) is 5.86. The Balaban J connectivity index is 4.62. The maximum atomic E-state index is 12.3. The first-order chi connectivity index (χ1) is 12.8. The maximum absolute atomic E-state index is 12.3. The lowest BCUT2D eigenvalue weighted by Crippen LogP contribution is -2.41. The van der Waals surface area contributed by atoms with Gasteiger partial charge in [-0.15, -0.1) is 0 Å². The molecule has 2 amide bonds. The van der Waals surface area contributed by atoms with Crippen LogP contribution in [0.25, 0.3) is 0 Å². The summed E-state index contributed by atoms with van der Waals surface area (Å²) in [5.74, 6) is -1.76. The zero-order chi connectivity index (χ0) is 20.7. The second-order valence-electron chi connectivity index (χ2n) is 6.98. The predicted molar refractivity (Wildman–Crippen MR) is 107 cm³/mol. The van der Waals surface area contributed by atoms with Crippen molar-refractivity contribution in [3.05, 3.63) is 11.8 Å². The molecule has 7 heteroatoms. The Morgan fingerprint density at radius 1 is 0.963 bits per heavy atom. The van der Waals surface area contributed by atoms with Crippen molar-refractivity contribution >= 4 is 17.8 Å². The van der Waals surface area contributed by atoms with Crippen LogP contribution in [0, 0.1) is 0 Å². The standard InChI is InChI=1S/C20H37N3O4/c1-4-7-9-11-15(21)13-18(24)22-16(12-10-8-5-2)14-19(25)23-17(6-3)20(26)27/h6,15-16H,4-5,7-14,21H2,1-3H3,(H,22,24)(H,23,25)(H,26,27)/b17-6-/t15-,16-/m0/s1. The number of carbonyl (C=O) groups is 3. The van der Waals surface area contributed by atoms with E-state index in [-0.39, 0.29) is 36.5 Å². The molecule has 5 N–H and O–H groups in total. The van der Waals surface area contributed by atoms with Crippen molar-refractivity contribution < 1.29 is 19.5 Å². The third-order valence-electron chi connectivity index (χ3n) is 4.37. The summed E-state index contributed by atoms with van der Waals surface area (Å²) < 4.78 is 0. The molecule has 0 aliphatic heterocycles. The monoisotopic (exact) mass is 383 g/mol. The van der Waals surface area contributed by atoms with Crippen molar-refractivity contribution in [2.45, 2.75) is 97.1 Å². The average molecular weight is 384 g/mol. The molecule has 0 unspecified atom stereocenters. The molecule has 7 nitrogen and oxygen atoms in total. The van der Waals surface area contributed by atoms with Gasteiger partial charge in [0.2, 0.25) is 11.8 Å². The van der Waals surface area contributed by atoms with Crippen LogP contribution in [0.4, 0.5) is 0 Å². The van der Waals surface area contributed by atoms with Crippen LogP contribution in [-0.2, 0) is 14.4 Å². The molecule has 0 saturated carbocycles. The molecule has 0 bridgehead atoms. The van der Waals surface area contributed by atoms with Crippen molar-refractivity contribution in [2.24, 2.45) is 5.73 Å². The van der Waals surface area contributed by atoms with Crippen LogP contribution >= 0.6 is 0 Å². The molecule has 0 aromatic carbocycles. The average Bonchev–Trinajstić information content (AvgIpc) is 2.59. The number of rotatable bonds is 15. The highest BCUT2D eigenvalue weighted by Gasteiger charge is 2.19. The van der Waals surface area contributed by atoms with Crippen molar-refractivity contribution in [3.8, 4) is 0 Å². The number of nitrogens with one attached hydrogen (secondary N) is 2. The first-order valence-corrected chi connectivity index (χ1v) is 10.1. The number of hydrogen-bond acceptors (Lipinski definition) is 4. The summed E-state index contributed by atoms with van der Waals surface area (Å²) in [6.07, 6.45) is 9.28. The lowest BCUT2D eigenvalue weighted by atomic mass is 10.0. The number of carboxylic acids is 1. The van der Waals surface area contributed by atoms with Gasteiger partial charge in [-0.05, 0) is 19.8 Å². The second-order valence-corrected chi connectivity index (χ2v) is 6.98. The molecular weight excluding hydrogens is 346 g/mol. The van der Waals surface area contributed by atoms with E-state index in [1.165, 1.54) is 6.08 Å². The lowest BCUT2D eigenvalue weighted by molar-refractivity contribution is -0.135. The molecule has 0 rings (SSSR count). The van der Waals surface area contributed by atoms with E-state index in [0.29, 0.717) is 6.42 Å². The Morgan fingerprint density at radius 3 is 2.07 bits per heavy atom. The Hall–Kier alpha value is -1.89. The molecule has 0 aliphatic carbocycles. The normalized spacial score (nSPS) is 13.7. The van der Waals surface area contributed by atoms with Crippen LogP contribution in [0.15, 0.2) is 11.8 Å². The van der Waals surface area contributed by atoms with E-state index in [1.54, 1.807) is 6.92 Å². The minimum atomic E-state index is -1.18. The van der Waals surface area contributed by atoms with Crippen molar-refractivity contribution in [2.75, 3.05) is 0 Å². The molecule has 2 atom stereocenters. The van der Waals surface area contributed by atoms with Gasteiger partial charge in [-0.3, -0.25) is 9.59 Å². The summed E-state index contributed by atoms with van der Waals surface area (Å²) in [7, 11) is 0. The summed E-state index contributed by atoms with van der Waals surface area (Å²) in [6, 6.07) is -0.498. The number of aliphatic carboxylic acids is 1. The number of nitrogens with two attached hydrogens (primary N) is 1. The number of hydrogen-bond donors (Lipinski definition) is 4. The number of amides is 2. The molecule has 27 heavy (non-hydrogen) atoms. The summed E-state index contributed by atoms with van der Waals surface area (Å²) >= 11 is 0. The van der Waals surface area contributed by atoms with Crippen molar-refractivity contribution in [1.29, 1.82) is 0 Å². The summed E-state index contributed by atoms with van der Waals surface area (Å²) in [4.78, 5) is 35.4. The Bertz CT molecular complexity index is 492. The van der Waals surface area contributed by atoms with Gasteiger partial charge in [0.25, 0.3) is 0 Å². The second kappa shape index (κ2) is 15.2. The molecule has 156 valence electrons. The minimum Gasteiger partial charge on any atom is -0.477 e. The van der Waals surface area contributed by atoms with Gasteiger partial charge < -0.3 is 21.5 Å². The molecular formula is C20H37N3O4. The molecule has 0 aliphatic rings. The number of allylic oxidation sites excluding steroid dienone is 1. The SMILES string of the molecule is C/C=C(\NC(=O)C[C@H](CCCCC)NC(=O)C[C@@H](N)CCCCC)C(=O)O. The molecule has 0 aromatic rings. The van der Waals surface area contributed by atoms with Gasteiger partial charge in [0.05, 0.1) is 0 Å². The van der Waals surface area contributed by atoms with Gasteiger partial charge in [0.1, 0.15) is 5.70 Å². The van der Waals surface area contributed by atoms with Crippen molar-refractivity contribution in [3.63, 3.8) is 0 Å². The highest BCUT2D eigenvalue weighted by atomic mass is 16.4. The smallest absolute Gasteiger partial charge is 0.352 e. The molecule has 0 aromatic heterocycles. The molecule has 0 saturated heterocycles. The Labute approximate surface area is 163 Å². The van der Waals surface area contributed by atoms with Crippen LogP contribution in [0.1, 0.15) is 85.0 Å². The van der Waals surface area contributed by atoms with E-state index in [1.807, 2.05) is 0 Å². The topological polar surface area (TPSA) is 122 Å². The summed E-state index contributed by atoms with van der Waals surface area (Å²) in [6.45, 7) is 5.75. The lowest BCUT2D eigenvalue weighted by Gasteiger charge is -2.20. The van der Waals surface area contributed by atoms with Gasteiger partial charge in [0.15, 0.2) is 0 Å². The highest BCUT2D eigenvalue weighted by molar-refractivity contribution is 5.92. The highest BCUT2D eigenvalue weighted by Crippen LogP contribution is 2.09. The summed E-state index contributed by atoms with van der Waals surface area (Å²) in [5, 5.41) is 14.3. The van der Waals surface area contributed by atoms with Gasteiger partial charge in [-0.25, -0.2) is 4.79 Å². The molecule has 0 spiro atoms. The van der Waals surface area contributed by atoms with E-state index < -0.39 is 11.9 Å². The number of unbranched alkanes of at least 4 members (excludes halogenated alkanes) is 4. The van der Waals surface area contributed by atoms with E-state index in [9.17, 15) is 14.4 Å². The zero-order valence-corrected chi connectivity index (χ0v) is 17.1. The Kier molecular flexibility index (Phi) is 14.1. The largest absolute Gasteiger partial charge is 0.477 e. The fourth-order valence-corrected chi connectivity index (χ4v) is 2.82. The van der Waals surface area contributed by atoms with Crippen LogP contribution in [0.2, 0.25) is 0 Å². The van der Waals surface area contributed by atoms with Crippen LogP contribution < -0.4 is 16.4 Å². The van der Waals surface area contributed by atoms with E-state index in [0.717, 1.165) is 44.9 Å². The quantitative estimate of drug-likeness (QED) is 0.256.